The molecule has 3 heterocycles. The van der Waals surface area contributed by atoms with E-state index in [1.54, 1.807) is 19.5 Å². The molecule has 2 aromatic rings. The average molecular weight is 355 g/mol. The Labute approximate surface area is 144 Å². The zero-order valence-corrected chi connectivity index (χ0v) is 14.7. The van der Waals surface area contributed by atoms with E-state index in [1.807, 2.05) is 7.05 Å². The van der Waals surface area contributed by atoms with Crippen LogP contribution in [0.25, 0.3) is 0 Å². The summed E-state index contributed by atoms with van der Waals surface area (Å²) >= 11 is 7.28. The number of anilines is 2. The molecule has 0 saturated carbocycles. The number of piperidine rings is 1. The van der Waals surface area contributed by atoms with Gasteiger partial charge in [-0.2, -0.15) is 4.37 Å². The van der Waals surface area contributed by atoms with Crippen LogP contribution in [0.4, 0.5) is 11.1 Å². The van der Waals surface area contributed by atoms with Gasteiger partial charge < -0.3 is 14.5 Å². The van der Waals surface area contributed by atoms with Crippen molar-refractivity contribution >= 4 is 34.2 Å². The fourth-order valence-corrected chi connectivity index (χ4v) is 3.48. The van der Waals surface area contributed by atoms with Crippen molar-refractivity contribution in [3.63, 3.8) is 0 Å². The molecule has 1 aliphatic heterocycles. The predicted octanol–water partition coefficient (Wildman–Crippen LogP) is 2.23. The lowest BCUT2D eigenvalue weighted by molar-refractivity contribution is 0.179. The summed E-state index contributed by atoms with van der Waals surface area (Å²) < 4.78 is 9.38. The van der Waals surface area contributed by atoms with Gasteiger partial charge in [0.1, 0.15) is 6.61 Å². The van der Waals surface area contributed by atoms with E-state index in [1.165, 1.54) is 11.5 Å². The van der Waals surface area contributed by atoms with Crippen molar-refractivity contribution in [2.75, 3.05) is 37.0 Å². The van der Waals surface area contributed by atoms with Gasteiger partial charge in [-0.3, -0.25) is 0 Å². The Bertz CT molecular complexity index is 628. The number of hydrogen-bond donors (Lipinski definition) is 0. The molecule has 0 spiro atoms. The summed E-state index contributed by atoms with van der Waals surface area (Å²) in [7, 11) is 3.69. The summed E-state index contributed by atoms with van der Waals surface area (Å²) in [4.78, 5) is 17.5. The molecule has 1 aliphatic rings. The van der Waals surface area contributed by atoms with Crippen molar-refractivity contribution < 1.29 is 4.74 Å². The van der Waals surface area contributed by atoms with Gasteiger partial charge in [-0.25, -0.2) is 15.0 Å². The lowest BCUT2D eigenvalue weighted by Crippen LogP contribution is -2.44. The van der Waals surface area contributed by atoms with E-state index in [2.05, 4.69) is 29.1 Å². The third-order valence-corrected chi connectivity index (χ3v) is 4.95. The molecule has 124 valence electrons. The van der Waals surface area contributed by atoms with Gasteiger partial charge >= 0.3 is 0 Å². The molecule has 2 aromatic heterocycles. The Hall–Kier alpha value is -1.51. The Kier molecular flexibility index (Phi) is 5.24. The standard InChI is InChI=1S/C14H19ClN6OS/c1-20(13-16-7-10(15)8-17-13)11-3-5-21(6-4-11)14-18-12(9-22-2)19-23-14/h7-8,11H,3-6,9H2,1-2H3. The molecule has 0 radical (unpaired) electrons. The van der Waals surface area contributed by atoms with E-state index in [4.69, 9.17) is 16.3 Å². The highest BCUT2D eigenvalue weighted by Crippen LogP contribution is 2.25. The molecule has 0 atom stereocenters. The lowest BCUT2D eigenvalue weighted by atomic mass is 10.0. The topological polar surface area (TPSA) is 67.3 Å². The van der Waals surface area contributed by atoms with Crippen LogP contribution in [0.3, 0.4) is 0 Å². The second kappa shape index (κ2) is 7.37. The highest BCUT2D eigenvalue weighted by Gasteiger charge is 2.25. The minimum atomic E-state index is 0.416. The molecule has 1 fully saturated rings. The van der Waals surface area contributed by atoms with Crippen LogP contribution >= 0.6 is 23.1 Å². The molecule has 1 saturated heterocycles. The molecule has 0 unspecified atom stereocenters. The van der Waals surface area contributed by atoms with Gasteiger partial charge in [0, 0.05) is 44.8 Å². The number of methoxy groups -OCH3 is 1. The van der Waals surface area contributed by atoms with E-state index in [0.29, 0.717) is 23.6 Å². The molecule has 23 heavy (non-hydrogen) atoms. The summed E-state index contributed by atoms with van der Waals surface area (Å²) in [6.07, 6.45) is 5.32. The van der Waals surface area contributed by atoms with Gasteiger partial charge in [0.25, 0.3) is 0 Å². The number of rotatable bonds is 5. The number of ether oxygens (including phenoxy) is 1. The molecule has 3 rings (SSSR count). The number of halogens is 1. The zero-order valence-electron chi connectivity index (χ0n) is 13.1. The molecule has 0 N–H and O–H groups in total. The van der Waals surface area contributed by atoms with E-state index >= 15 is 0 Å². The van der Waals surface area contributed by atoms with Crippen molar-refractivity contribution in [3.8, 4) is 0 Å². The van der Waals surface area contributed by atoms with E-state index in [0.717, 1.165) is 36.9 Å². The van der Waals surface area contributed by atoms with Crippen LogP contribution in [0, 0.1) is 0 Å². The Morgan fingerprint density at radius 1 is 1.35 bits per heavy atom. The van der Waals surface area contributed by atoms with Crippen LogP contribution < -0.4 is 9.80 Å². The van der Waals surface area contributed by atoms with Crippen molar-refractivity contribution in [2.24, 2.45) is 0 Å². The number of hydrogen-bond acceptors (Lipinski definition) is 8. The second-order valence-electron chi connectivity index (χ2n) is 5.46. The van der Waals surface area contributed by atoms with Crippen LogP contribution in [-0.2, 0) is 11.3 Å². The fourth-order valence-electron chi connectivity index (χ4n) is 2.66. The first-order valence-corrected chi connectivity index (χ1v) is 8.59. The van der Waals surface area contributed by atoms with Gasteiger partial charge in [-0.05, 0) is 12.8 Å². The maximum absolute atomic E-state index is 5.84. The largest absolute Gasteiger partial charge is 0.377 e. The summed E-state index contributed by atoms with van der Waals surface area (Å²) in [6, 6.07) is 0.416. The van der Waals surface area contributed by atoms with Crippen LogP contribution in [0.2, 0.25) is 5.02 Å². The number of nitrogens with zero attached hydrogens (tertiary/aromatic N) is 6. The Balaban J connectivity index is 1.58. The summed E-state index contributed by atoms with van der Waals surface area (Å²) in [5.41, 5.74) is 0. The molecular weight excluding hydrogens is 336 g/mol. The molecule has 0 aliphatic carbocycles. The minimum Gasteiger partial charge on any atom is -0.377 e. The van der Waals surface area contributed by atoms with Gasteiger partial charge in [-0.1, -0.05) is 11.6 Å². The third-order valence-electron chi connectivity index (χ3n) is 3.94. The van der Waals surface area contributed by atoms with Crippen LogP contribution in [-0.4, -0.2) is 52.6 Å². The molecular formula is C14H19ClN6OS. The zero-order chi connectivity index (χ0) is 16.2. The molecule has 7 nitrogen and oxygen atoms in total. The van der Waals surface area contributed by atoms with Crippen LogP contribution in [0.15, 0.2) is 12.4 Å². The number of aromatic nitrogens is 4. The maximum atomic E-state index is 5.84. The molecule has 0 bridgehead atoms. The van der Waals surface area contributed by atoms with Crippen molar-refractivity contribution in [2.45, 2.75) is 25.5 Å². The Morgan fingerprint density at radius 3 is 2.70 bits per heavy atom. The van der Waals surface area contributed by atoms with Gasteiger partial charge in [0.05, 0.1) is 17.4 Å². The Morgan fingerprint density at radius 2 is 2.04 bits per heavy atom. The first-order valence-electron chi connectivity index (χ1n) is 7.44. The first-order chi connectivity index (χ1) is 11.2. The highest BCUT2D eigenvalue weighted by atomic mass is 35.5. The smallest absolute Gasteiger partial charge is 0.225 e. The van der Waals surface area contributed by atoms with Crippen LogP contribution in [0.5, 0.6) is 0 Å². The van der Waals surface area contributed by atoms with Gasteiger partial charge in [0.2, 0.25) is 11.1 Å². The lowest BCUT2D eigenvalue weighted by Gasteiger charge is -2.36. The summed E-state index contributed by atoms with van der Waals surface area (Å²) in [5, 5.41) is 1.53. The second-order valence-corrected chi connectivity index (χ2v) is 6.62. The minimum absolute atomic E-state index is 0.416. The van der Waals surface area contributed by atoms with E-state index in [9.17, 15) is 0 Å². The maximum Gasteiger partial charge on any atom is 0.225 e. The monoisotopic (exact) mass is 354 g/mol. The SMILES string of the molecule is COCc1nsc(N2CCC(N(C)c3ncc(Cl)cn3)CC2)n1. The predicted molar refractivity (Wildman–Crippen MR) is 91.3 cm³/mol. The van der Waals surface area contributed by atoms with Gasteiger partial charge in [-0.15, -0.1) is 0 Å². The normalized spacial score (nSPS) is 15.9. The van der Waals surface area contributed by atoms with Crippen molar-refractivity contribution in [3.05, 3.63) is 23.2 Å². The molecule has 0 aromatic carbocycles. The first kappa shape index (κ1) is 16.4. The van der Waals surface area contributed by atoms with Gasteiger partial charge in [0.15, 0.2) is 5.82 Å². The summed E-state index contributed by atoms with van der Waals surface area (Å²) in [6.45, 7) is 2.36. The van der Waals surface area contributed by atoms with Crippen molar-refractivity contribution in [1.29, 1.82) is 0 Å². The van der Waals surface area contributed by atoms with E-state index in [-0.39, 0.29) is 0 Å². The fraction of sp³-hybridized carbons (Fsp3) is 0.571. The molecule has 9 heteroatoms. The molecule has 0 amide bonds. The van der Waals surface area contributed by atoms with Crippen molar-refractivity contribution in [1.82, 2.24) is 19.3 Å². The quantitative estimate of drug-likeness (QED) is 0.815. The van der Waals surface area contributed by atoms with Crippen LogP contribution in [0.1, 0.15) is 18.7 Å². The van der Waals surface area contributed by atoms with E-state index < -0.39 is 0 Å². The average Bonchev–Trinajstić information content (AvgIpc) is 3.04. The highest BCUT2D eigenvalue weighted by molar-refractivity contribution is 7.09. The summed E-state index contributed by atoms with van der Waals surface area (Å²) in [5.74, 6) is 1.47. The third kappa shape index (κ3) is 3.88.